The van der Waals surface area contributed by atoms with E-state index in [0.717, 1.165) is 11.5 Å². The normalized spacial score (nSPS) is 10.1. The number of ketones is 1. The van der Waals surface area contributed by atoms with Gasteiger partial charge in [0.1, 0.15) is 4.88 Å². The molecular formula is C9H5ClN2OS. The highest BCUT2D eigenvalue weighted by Crippen LogP contribution is 2.15. The Morgan fingerprint density at radius 2 is 2.29 bits per heavy atom. The second-order valence-corrected chi connectivity index (χ2v) is 3.84. The van der Waals surface area contributed by atoms with E-state index in [1.807, 2.05) is 0 Å². The van der Waals surface area contributed by atoms with Gasteiger partial charge in [0, 0.05) is 10.6 Å². The lowest BCUT2D eigenvalue weighted by Crippen LogP contribution is -1.97. The predicted molar refractivity (Wildman–Crippen MR) is 54.8 cm³/mol. The number of benzene rings is 1. The van der Waals surface area contributed by atoms with Crippen molar-refractivity contribution in [1.29, 1.82) is 0 Å². The van der Waals surface area contributed by atoms with Gasteiger partial charge in [0.15, 0.2) is 0 Å². The first-order valence-corrected chi connectivity index (χ1v) is 5.00. The molecule has 0 aliphatic carbocycles. The largest absolute Gasteiger partial charge is 0.288 e. The van der Waals surface area contributed by atoms with E-state index in [9.17, 15) is 4.79 Å². The van der Waals surface area contributed by atoms with Gasteiger partial charge >= 0.3 is 0 Å². The minimum absolute atomic E-state index is 0.0949. The zero-order valence-electron chi connectivity index (χ0n) is 6.98. The highest BCUT2D eigenvalue weighted by molar-refractivity contribution is 7.08. The molecule has 0 aliphatic heterocycles. The van der Waals surface area contributed by atoms with Crippen molar-refractivity contribution in [2.24, 2.45) is 0 Å². The van der Waals surface area contributed by atoms with E-state index in [0.29, 0.717) is 15.5 Å². The number of rotatable bonds is 2. The van der Waals surface area contributed by atoms with E-state index < -0.39 is 0 Å². The SMILES string of the molecule is O=C(c1cccc(Cl)c1)c1cnns1. The lowest BCUT2D eigenvalue weighted by Gasteiger charge is -1.96. The van der Waals surface area contributed by atoms with Crippen LogP contribution in [0.15, 0.2) is 30.5 Å². The molecule has 0 saturated carbocycles. The summed E-state index contributed by atoms with van der Waals surface area (Å²) in [6.45, 7) is 0. The maximum atomic E-state index is 11.7. The van der Waals surface area contributed by atoms with Crippen molar-refractivity contribution in [3.63, 3.8) is 0 Å². The fourth-order valence-corrected chi connectivity index (χ4v) is 1.71. The van der Waals surface area contributed by atoms with Crippen LogP contribution in [-0.2, 0) is 0 Å². The number of aromatic nitrogens is 2. The molecule has 14 heavy (non-hydrogen) atoms. The van der Waals surface area contributed by atoms with Crippen LogP contribution < -0.4 is 0 Å². The molecular weight excluding hydrogens is 220 g/mol. The lowest BCUT2D eigenvalue weighted by molar-refractivity contribution is 0.104. The molecule has 70 valence electrons. The minimum atomic E-state index is -0.0949. The van der Waals surface area contributed by atoms with Gasteiger partial charge in [-0.2, -0.15) is 0 Å². The van der Waals surface area contributed by atoms with Gasteiger partial charge in [-0.05, 0) is 23.7 Å². The van der Waals surface area contributed by atoms with E-state index in [2.05, 4.69) is 9.59 Å². The summed E-state index contributed by atoms with van der Waals surface area (Å²) < 4.78 is 3.63. The minimum Gasteiger partial charge on any atom is -0.288 e. The molecule has 3 nitrogen and oxygen atoms in total. The van der Waals surface area contributed by atoms with Crippen molar-refractivity contribution in [3.8, 4) is 0 Å². The summed E-state index contributed by atoms with van der Waals surface area (Å²) in [5, 5.41) is 4.16. The zero-order valence-corrected chi connectivity index (χ0v) is 8.55. The van der Waals surface area contributed by atoms with Gasteiger partial charge < -0.3 is 0 Å². The number of carbonyl (C=O) groups is 1. The summed E-state index contributed by atoms with van der Waals surface area (Å²) in [4.78, 5) is 12.3. The van der Waals surface area contributed by atoms with Gasteiger partial charge in [-0.15, -0.1) is 5.10 Å². The number of carbonyl (C=O) groups excluding carboxylic acids is 1. The van der Waals surface area contributed by atoms with Crippen LogP contribution in [-0.4, -0.2) is 15.4 Å². The van der Waals surface area contributed by atoms with Crippen LogP contribution in [0.5, 0.6) is 0 Å². The standard InChI is InChI=1S/C9H5ClN2OS/c10-7-3-1-2-6(4-7)9(13)8-5-11-12-14-8/h1-5H. The number of hydrogen-bond donors (Lipinski definition) is 0. The van der Waals surface area contributed by atoms with Crippen LogP contribution in [0.3, 0.4) is 0 Å². The van der Waals surface area contributed by atoms with Gasteiger partial charge in [0.2, 0.25) is 5.78 Å². The van der Waals surface area contributed by atoms with Crippen LogP contribution in [0.25, 0.3) is 0 Å². The first-order valence-electron chi connectivity index (χ1n) is 3.85. The third-order valence-electron chi connectivity index (χ3n) is 1.67. The van der Waals surface area contributed by atoms with E-state index >= 15 is 0 Å². The zero-order chi connectivity index (χ0) is 9.97. The topological polar surface area (TPSA) is 42.9 Å². The van der Waals surface area contributed by atoms with Crippen molar-refractivity contribution < 1.29 is 4.79 Å². The monoisotopic (exact) mass is 224 g/mol. The number of nitrogens with zero attached hydrogens (tertiary/aromatic N) is 2. The Morgan fingerprint density at radius 3 is 2.93 bits per heavy atom. The van der Waals surface area contributed by atoms with Crippen molar-refractivity contribution in [3.05, 3.63) is 45.9 Å². The Labute approximate surface area is 89.5 Å². The molecule has 2 aromatic rings. The average molecular weight is 225 g/mol. The van der Waals surface area contributed by atoms with Gasteiger partial charge in [-0.25, -0.2) is 0 Å². The molecule has 0 saturated heterocycles. The molecule has 0 aliphatic rings. The van der Waals surface area contributed by atoms with E-state index in [1.165, 1.54) is 6.20 Å². The smallest absolute Gasteiger partial charge is 0.206 e. The Hall–Kier alpha value is -1.26. The summed E-state index contributed by atoms with van der Waals surface area (Å²) in [5.74, 6) is -0.0949. The van der Waals surface area contributed by atoms with Gasteiger partial charge in [-0.1, -0.05) is 28.2 Å². The van der Waals surface area contributed by atoms with E-state index in [4.69, 9.17) is 11.6 Å². The molecule has 1 aromatic heterocycles. The molecule has 0 radical (unpaired) electrons. The molecule has 0 unspecified atom stereocenters. The molecule has 5 heteroatoms. The first-order chi connectivity index (χ1) is 6.77. The summed E-state index contributed by atoms with van der Waals surface area (Å²) in [6.07, 6.45) is 1.45. The Bertz CT molecular complexity index is 456. The van der Waals surface area contributed by atoms with Crippen molar-refractivity contribution in [1.82, 2.24) is 9.59 Å². The molecule has 2 rings (SSSR count). The lowest BCUT2D eigenvalue weighted by atomic mass is 10.1. The van der Waals surface area contributed by atoms with Crippen LogP contribution in [0.4, 0.5) is 0 Å². The second kappa shape index (κ2) is 3.86. The summed E-state index contributed by atoms with van der Waals surface area (Å²) >= 11 is 6.85. The fourth-order valence-electron chi connectivity index (χ4n) is 1.04. The van der Waals surface area contributed by atoms with Crippen molar-refractivity contribution >= 4 is 28.9 Å². The Kier molecular flexibility index (Phi) is 2.56. The molecule has 0 N–H and O–H groups in total. The molecule has 0 spiro atoms. The Morgan fingerprint density at radius 1 is 1.43 bits per heavy atom. The Balaban J connectivity index is 2.37. The average Bonchev–Trinajstić information content (AvgIpc) is 2.69. The molecule has 0 amide bonds. The van der Waals surface area contributed by atoms with Crippen LogP contribution in [0, 0.1) is 0 Å². The summed E-state index contributed by atoms with van der Waals surface area (Å²) in [6, 6.07) is 6.81. The van der Waals surface area contributed by atoms with Crippen molar-refractivity contribution in [2.45, 2.75) is 0 Å². The molecule has 0 fully saturated rings. The maximum Gasteiger partial charge on any atom is 0.206 e. The van der Waals surface area contributed by atoms with Gasteiger partial charge in [0.05, 0.1) is 6.20 Å². The maximum absolute atomic E-state index is 11.7. The highest BCUT2D eigenvalue weighted by atomic mass is 35.5. The van der Waals surface area contributed by atoms with Crippen LogP contribution in [0.2, 0.25) is 5.02 Å². The first kappa shape index (κ1) is 9.30. The van der Waals surface area contributed by atoms with Crippen LogP contribution in [0.1, 0.15) is 15.2 Å². The van der Waals surface area contributed by atoms with E-state index in [-0.39, 0.29) is 5.78 Å². The van der Waals surface area contributed by atoms with Gasteiger partial charge in [-0.3, -0.25) is 4.79 Å². The molecule has 0 atom stereocenters. The third-order valence-corrected chi connectivity index (χ3v) is 2.57. The van der Waals surface area contributed by atoms with E-state index in [1.54, 1.807) is 24.3 Å². The molecule has 1 aromatic carbocycles. The highest BCUT2D eigenvalue weighted by Gasteiger charge is 2.11. The van der Waals surface area contributed by atoms with Crippen LogP contribution >= 0.6 is 23.1 Å². The van der Waals surface area contributed by atoms with Crippen molar-refractivity contribution in [2.75, 3.05) is 0 Å². The molecule has 1 heterocycles. The second-order valence-electron chi connectivity index (χ2n) is 2.62. The fraction of sp³-hybridized carbons (Fsp3) is 0. The quantitative estimate of drug-likeness (QED) is 0.736. The van der Waals surface area contributed by atoms with Gasteiger partial charge in [0.25, 0.3) is 0 Å². The third kappa shape index (κ3) is 1.81. The number of halogens is 1. The summed E-state index contributed by atoms with van der Waals surface area (Å²) in [7, 11) is 0. The number of hydrogen-bond acceptors (Lipinski definition) is 4. The summed E-state index contributed by atoms with van der Waals surface area (Å²) in [5.41, 5.74) is 0.559. The molecule has 0 bridgehead atoms. The predicted octanol–water partition coefficient (Wildman–Crippen LogP) is 2.42.